The Morgan fingerprint density at radius 2 is 1.67 bits per heavy atom. The minimum absolute atomic E-state index is 0.00556. The van der Waals surface area contributed by atoms with Gasteiger partial charge in [0.2, 0.25) is 26.6 Å². The summed E-state index contributed by atoms with van der Waals surface area (Å²) in [5.74, 6) is 0.499. The summed E-state index contributed by atoms with van der Waals surface area (Å²) in [6, 6.07) is 14.1. The van der Waals surface area contributed by atoms with Gasteiger partial charge in [-0.05, 0) is 41.9 Å². The third-order valence-electron chi connectivity index (χ3n) is 5.48. The van der Waals surface area contributed by atoms with E-state index in [1.165, 1.54) is 22.7 Å². The zero-order valence-electron chi connectivity index (χ0n) is 17.8. The molecule has 33 heavy (non-hydrogen) atoms. The van der Waals surface area contributed by atoms with Crippen LogP contribution in [-0.4, -0.2) is 50.4 Å². The summed E-state index contributed by atoms with van der Waals surface area (Å²) in [5.41, 5.74) is 0.972. The first-order chi connectivity index (χ1) is 15.9. The van der Waals surface area contributed by atoms with Crippen molar-refractivity contribution in [2.45, 2.75) is 16.8 Å². The highest BCUT2D eigenvalue weighted by Crippen LogP contribution is 2.36. The number of sulfone groups is 1. The summed E-state index contributed by atoms with van der Waals surface area (Å²) in [4.78, 5) is 22.4. The topological polar surface area (TPSA) is 83.7 Å². The smallest absolute Gasteiger partial charge is 0.264 e. The van der Waals surface area contributed by atoms with E-state index < -0.39 is 9.84 Å². The van der Waals surface area contributed by atoms with Crippen LogP contribution in [0.4, 0.5) is 5.88 Å². The lowest BCUT2D eigenvalue weighted by Gasteiger charge is -2.34. The number of oxazole rings is 1. The van der Waals surface area contributed by atoms with E-state index in [0.29, 0.717) is 31.1 Å². The Balaban J connectivity index is 1.47. The largest absolute Gasteiger partial charge is 0.418 e. The van der Waals surface area contributed by atoms with E-state index in [1.54, 1.807) is 29.2 Å². The van der Waals surface area contributed by atoms with Gasteiger partial charge in [-0.25, -0.2) is 8.42 Å². The molecule has 0 atom stereocenters. The second-order valence-corrected chi connectivity index (χ2v) is 11.4. The van der Waals surface area contributed by atoms with Crippen molar-refractivity contribution in [2.24, 2.45) is 0 Å². The van der Waals surface area contributed by atoms with Crippen LogP contribution in [0.3, 0.4) is 0 Å². The lowest BCUT2D eigenvalue weighted by Crippen LogP contribution is -2.48. The highest BCUT2D eigenvalue weighted by Gasteiger charge is 2.33. The van der Waals surface area contributed by atoms with Gasteiger partial charge in [0, 0.05) is 26.2 Å². The number of aryl methyl sites for hydroxylation is 1. The van der Waals surface area contributed by atoms with E-state index in [4.69, 9.17) is 4.42 Å². The molecule has 0 saturated carbocycles. The van der Waals surface area contributed by atoms with E-state index in [0.717, 1.165) is 10.4 Å². The van der Waals surface area contributed by atoms with Crippen LogP contribution in [0.25, 0.3) is 10.8 Å². The molecule has 170 valence electrons. The molecule has 4 heterocycles. The summed E-state index contributed by atoms with van der Waals surface area (Å²) in [6.07, 6.45) is 0. The zero-order valence-corrected chi connectivity index (χ0v) is 20.3. The van der Waals surface area contributed by atoms with E-state index in [1.807, 2.05) is 46.8 Å². The molecule has 1 aliphatic heterocycles. The Kier molecular flexibility index (Phi) is 5.81. The number of benzene rings is 1. The van der Waals surface area contributed by atoms with Gasteiger partial charge in [-0.1, -0.05) is 29.8 Å². The molecule has 1 fully saturated rings. The summed E-state index contributed by atoms with van der Waals surface area (Å²) in [6.45, 7) is 3.74. The summed E-state index contributed by atoms with van der Waals surface area (Å²) >= 11 is 2.85. The molecule has 1 amide bonds. The molecule has 0 bridgehead atoms. The molecule has 7 nitrogen and oxygen atoms in total. The van der Waals surface area contributed by atoms with E-state index in [-0.39, 0.29) is 27.6 Å². The van der Waals surface area contributed by atoms with Crippen LogP contribution in [0, 0.1) is 6.92 Å². The van der Waals surface area contributed by atoms with Crippen molar-refractivity contribution in [3.63, 3.8) is 0 Å². The van der Waals surface area contributed by atoms with Crippen molar-refractivity contribution < 1.29 is 17.6 Å². The highest BCUT2D eigenvalue weighted by atomic mass is 32.2. The van der Waals surface area contributed by atoms with Crippen LogP contribution in [-0.2, 0) is 9.84 Å². The molecule has 4 aromatic rings. The van der Waals surface area contributed by atoms with Crippen molar-refractivity contribution in [3.8, 4) is 10.8 Å². The zero-order chi connectivity index (χ0) is 23.0. The number of amides is 1. The van der Waals surface area contributed by atoms with Crippen LogP contribution in [0.2, 0.25) is 0 Å². The van der Waals surface area contributed by atoms with Gasteiger partial charge in [0.15, 0.2) is 0 Å². The normalized spacial score (nSPS) is 14.6. The molecule has 1 aliphatic rings. The molecule has 0 spiro atoms. The van der Waals surface area contributed by atoms with Gasteiger partial charge in [0.25, 0.3) is 5.91 Å². The van der Waals surface area contributed by atoms with Crippen LogP contribution in [0.15, 0.2) is 73.6 Å². The third-order valence-corrected chi connectivity index (χ3v) is 8.87. The fourth-order valence-electron chi connectivity index (χ4n) is 3.68. The Hall–Kier alpha value is -2.95. The monoisotopic (exact) mass is 499 g/mol. The molecule has 1 saturated heterocycles. The molecule has 5 rings (SSSR count). The number of carbonyl (C=O) groups is 1. The number of aromatic nitrogens is 1. The highest BCUT2D eigenvalue weighted by molar-refractivity contribution is 7.91. The Morgan fingerprint density at radius 3 is 2.30 bits per heavy atom. The van der Waals surface area contributed by atoms with Crippen molar-refractivity contribution in [2.75, 3.05) is 31.1 Å². The molecule has 10 heteroatoms. The fourth-order valence-corrected chi connectivity index (χ4v) is 6.34. The van der Waals surface area contributed by atoms with Gasteiger partial charge in [-0.15, -0.1) is 22.7 Å². The fraction of sp³-hybridized carbons (Fsp3) is 0.217. The van der Waals surface area contributed by atoms with Gasteiger partial charge >= 0.3 is 0 Å². The van der Waals surface area contributed by atoms with Gasteiger partial charge in [0.1, 0.15) is 0 Å². The van der Waals surface area contributed by atoms with Gasteiger partial charge < -0.3 is 14.2 Å². The molecular formula is C23H21N3O4S3. The predicted octanol–water partition coefficient (Wildman–Crippen LogP) is 4.57. The maximum atomic E-state index is 13.5. The Labute approximate surface area is 199 Å². The average molecular weight is 500 g/mol. The van der Waals surface area contributed by atoms with E-state index in [2.05, 4.69) is 4.98 Å². The van der Waals surface area contributed by atoms with E-state index in [9.17, 15) is 13.2 Å². The summed E-state index contributed by atoms with van der Waals surface area (Å²) in [7, 11) is -3.89. The first kappa shape index (κ1) is 21.9. The maximum Gasteiger partial charge on any atom is 0.264 e. The number of rotatable bonds is 5. The molecule has 1 aromatic carbocycles. The number of carbonyl (C=O) groups excluding carboxylic acids is 1. The van der Waals surface area contributed by atoms with Crippen LogP contribution in [0.1, 0.15) is 15.2 Å². The molecule has 0 unspecified atom stereocenters. The number of hydrogen-bond donors (Lipinski definition) is 0. The summed E-state index contributed by atoms with van der Waals surface area (Å²) < 4.78 is 33.1. The molecule has 0 radical (unpaired) electrons. The van der Waals surface area contributed by atoms with Gasteiger partial charge in [0.05, 0.1) is 14.6 Å². The Morgan fingerprint density at radius 1 is 0.970 bits per heavy atom. The minimum atomic E-state index is -3.89. The molecular weight excluding hydrogens is 478 g/mol. The number of anilines is 1. The number of hydrogen-bond acceptors (Lipinski definition) is 8. The summed E-state index contributed by atoms with van der Waals surface area (Å²) in [5, 5.41) is 3.68. The lowest BCUT2D eigenvalue weighted by atomic mass is 10.2. The quantitative estimate of drug-likeness (QED) is 0.400. The van der Waals surface area contributed by atoms with Gasteiger partial charge in [-0.3, -0.25) is 4.79 Å². The Bertz CT molecular complexity index is 1350. The number of nitrogens with zero attached hydrogens (tertiary/aromatic N) is 3. The molecule has 0 aliphatic carbocycles. The third kappa shape index (κ3) is 4.21. The van der Waals surface area contributed by atoms with Crippen molar-refractivity contribution in [1.29, 1.82) is 0 Å². The lowest BCUT2D eigenvalue weighted by molar-refractivity contribution is 0.0750. The first-order valence-electron chi connectivity index (χ1n) is 10.4. The van der Waals surface area contributed by atoms with Crippen molar-refractivity contribution >= 4 is 44.3 Å². The number of thiophene rings is 2. The van der Waals surface area contributed by atoms with Crippen LogP contribution < -0.4 is 4.90 Å². The average Bonchev–Trinajstić information content (AvgIpc) is 3.60. The SMILES string of the molecule is Cc1ccc(S(=O)(=O)c2nc(-c3cccs3)oc2N2CCN(C(=O)c3cccs3)CC2)cc1. The number of piperazine rings is 1. The second kappa shape index (κ2) is 8.77. The van der Waals surface area contributed by atoms with Crippen molar-refractivity contribution in [3.05, 3.63) is 69.7 Å². The molecule has 3 aromatic heterocycles. The van der Waals surface area contributed by atoms with Crippen LogP contribution >= 0.6 is 22.7 Å². The first-order valence-corrected chi connectivity index (χ1v) is 13.6. The predicted molar refractivity (Wildman–Crippen MR) is 129 cm³/mol. The van der Waals surface area contributed by atoms with E-state index >= 15 is 0 Å². The van der Waals surface area contributed by atoms with Gasteiger partial charge in [-0.2, -0.15) is 4.98 Å². The minimum Gasteiger partial charge on any atom is -0.418 e. The maximum absolute atomic E-state index is 13.5. The van der Waals surface area contributed by atoms with Crippen molar-refractivity contribution in [1.82, 2.24) is 9.88 Å². The second-order valence-electron chi connectivity index (χ2n) is 7.68. The standard InChI is InChI=1S/C23H21N3O4S3/c1-16-6-8-17(9-7-16)33(28,29)21-23(30-20(24-21)18-4-2-14-31-18)26-12-10-25(11-13-26)22(27)19-5-3-15-32-19/h2-9,14-15H,10-13H2,1H3. The van der Waals surface area contributed by atoms with Crippen LogP contribution in [0.5, 0.6) is 0 Å². The molecule has 0 N–H and O–H groups in total.